The smallest absolute Gasteiger partial charge is 0.251 e. The predicted molar refractivity (Wildman–Crippen MR) is 74.7 cm³/mol. The number of carbonyl (C=O) groups is 1. The van der Waals surface area contributed by atoms with Crippen molar-refractivity contribution < 1.29 is 18.8 Å². The van der Waals surface area contributed by atoms with Gasteiger partial charge in [-0.3, -0.25) is 4.79 Å². The first-order valence-corrected chi connectivity index (χ1v) is 7.39. The van der Waals surface area contributed by atoms with Gasteiger partial charge in [-0.25, -0.2) is 0 Å². The summed E-state index contributed by atoms with van der Waals surface area (Å²) in [6, 6.07) is 1.91. The fourth-order valence-corrected chi connectivity index (χ4v) is 2.94. The van der Waals surface area contributed by atoms with E-state index < -0.39 is 0 Å². The molecule has 0 aliphatic carbocycles. The Morgan fingerprint density at radius 3 is 2.90 bits per heavy atom. The summed E-state index contributed by atoms with van der Waals surface area (Å²) in [6.07, 6.45) is 1.47. The van der Waals surface area contributed by atoms with Gasteiger partial charge in [-0.1, -0.05) is 5.16 Å². The third-order valence-electron chi connectivity index (χ3n) is 4.22. The zero-order chi connectivity index (χ0) is 15.0. The summed E-state index contributed by atoms with van der Waals surface area (Å²) in [5.74, 6) is 1.09. The Balaban J connectivity index is 1.52. The predicted octanol–water partition coefficient (Wildman–Crippen LogP) is 1.70. The topological polar surface area (TPSA) is 64.8 Å². The van der Waals surface area contributed by atoms with E-state index in [1.54, 1.807) is 7.11 Å². The zero-order valence-electron chi connectivity index (χ0n) is 12.8. The van der Waals surface area contributed by atoms with Gasteiger partial charge in [0.1, 0.15) is 12.7 Å². The molecular formula is C15H22N2O4. The minimum absolute atomic E-state index is 0.109. The van der Waals surface area contributed by atoms with Crippen molar-refractivity contribution in [2.75, 3.05) is 20.2 Å². The highest BCUT2D eigenvalue weighted by Crippen LogP contribution is 2.33. The van der Waals surface area contributed by atoms with Crippen LogP contribution in [0.5, 0.6) is 0 Å². The van der Waals surface area contributed by atoms with Crippen molar-refractivity contribution in [1.29, 1.82) is 0 Å². The Kier molecular flexibility index (Phi) is 3.75. The maximum atomic E-state index is 12.3. The van der Waals surface area contributed by atoms with Gasteiger partial charge in [0.25, 0.3) is 5.91 Å². The molecule has 0 radical (unpaired) electrons. The molecule has 116 valence electrons. The third kappa shape index (κ3) is 2.96. The van der Waals surface area contributed by atoms with Gasteiger partial charge in [0, 0.05) is 32.2 Å². The second-order valence-electron chi connectivity index (χ2n) is 6.50. The summed E-state index contributed by atoms with van der Waals surface area (Å²) in [7, 11) is 1.62. The Bertz CT molecular complexity index is 519. The summed E-state index contributed by atoms with van der Waals surface area (Å²) < 4.78 is 16.0. The molecule has 1 amide bonds. The van der Waals surface area contributed by atoms with E-state index >= 15 is 0 Å². The Hall–Kier alpha value is -1.40. The highest BCUT2D eigenvalue weighted by atomic mass is 16.5. The third-order valence-corrected chi connectivity index (χ3v) is 4.22. The zero-order valence-corrected chi connectivity index (χ0v) is 12.8. The molecule has 2 aliphatic heterocycles. The van der Waals surface area contributed by atoms with E-state index in [1.807, 2.05) is 24.8 Å². The summed E-state index contributed by atoms with van der Waals surface area (Å²) in [6.45, 7) is 5.88. The lowest BCUT2D eigenvalue weighted by atomic mass is 9.95. The van der Waals surface area contributed by atoms with Gasteiger partial charge >= 0.3 is 0 Å². The van der Waals surface area contributed by atoms with Gasteiger partial charge in [-0.2, -0.15) is 0 Å². The molecule has 1 aromatic rings. The molecule has 1 unspecified atom stereocenters. The van der Waals surface area contributed by atoms with Crippen molar-refractivity contribution in [2.24, 2.45) is 0 Å². The molecule has 1 atom stereocenters. The molecule has 6 heteroatoms. The second-order valence-corrected chi connectivity index (χ2v) is 6.50. The molecule has 0 N–H and O–H groups in total. The van der Waals surface area contributed by atoms with E-state index in [4.69, 9.17) is 14.0 Å². The molecule has 6 nitrogen and oxygen atoms in total. The number of nitrogens with zero attached hydrogens (tertiary/aromatic N) is 2. The van der Waals surface area contributed by atoms with Crippen molar-refractivity contribution in [2.45, 2.75) is 50.9 Å². The number of ether oxygens (including phenoxy) is 2. The minimum Gasteiger partial charge on any atom is -0.377 e. The molecule has 21 heavy (non-hydrogen) atoms. The summed E-state index contributed by atoms with van der Waals surface area (Å²) >= 11 is 0. The Morgan fingerprint density at radius 2 is 2.29 bits per heavy atom. The second kappa shape index (κ2) is 5.42. The van der Waals surface area contributed by atoms with E-state index in [0.717, 1.165) is 24.3 Å². The van der Waals surface area contributed by atoms with Crippen LogP contribution in [-0.2, 0) is 20.9 Å². The van der Waals surface area contributed by atoms with E-state index in [2.05, 4.69) is 5.16 Å². The molecule has 2 aliphatic rings. The van der Waals surface area contributed by atoms with Gasteiger partial charge in [-0.05, 0) is 26.7 Å². The molecule has 0 saturated carbocycles. The van der Waals surface area contributed by atoms with Gasteiger partial charge < -0.3 is 18.9 Å². The highest BCUT2D eigenvalue weighted by Gasteiger charge is 2.42. The van der Waals surface area contributed by atoms with Crippen LogP contribution >= 0.6 is 0 Å². The van der Waals surface area contributed by atoms with Crippen molar-refractivity contribution in [3.05, 3.63) is 17.5 Å². The summed E-state index contributed by atoms with van der Waals surface area (Å²) in [5.41, 5.74) is 0.727. The Morgan fingerprint density at radius 1 is 1.52 bits per heavy atom. The van der Waals surface area contributed by atoms with Crippen molar-refractivity contribution in [3.8, 4) is 0 Å². The largest absolute Gasteiger partial charge is 0.377 e. The maximum Gasteiger partial charge on any atom is 0.251 e. The number of aromatic nitrogens is 1. The van der Waals surface area contributed by atoms with Gasteiger partial charge in [-0.15, -0.1) is 0 Å². The first-order chi connectivity index (χ1) is 9.98. The van der Waals surface area contributed by atoms with Crippen LogP contribution in [-0.4, -0.2) is 47.9 Å². The van der Waals surface area contributed by atoms with Crippen LogP contribution in [0.25, 0.3) is 0 Å². The van der Waals surface area contributed by atoms with Gasteiger partial charge in [0.15, 0.2) is 5.76 Å². The lowest BCUT2D eigenvalue weighted by molar-refractivity contribution is -0.150. The van der Waals surface area contributed by atoms with Crippen molar-refractivity contribution in [1.82, 2.24) is 10.1 Å². The monoisotopic (exact) mass is 294 g/mol. The van der Waals surface area contributed by atoms with E-state index in [0.29, 0.717) is 19.7 Å². The van der Waals surface area contributed by atoms with E-state index in [1.165, 1.54) is 0 Å². The number of hydrogen-bond acceptors (Lipinski definition) is 5. The number of methoxy groups -OCH3 is 1. The van der Waals surface area contributed by atoms with Crippen LogP contribution in [0.15, 0.2) is 10.6 Å². The molecule has 0 bridgehead atoms. The average Bonchev–Trinajstić information content (AvgIpc) is 2.95. The van der Waals surface area contributed by atoms with E-state index in [-0.39, 0.29) is 23.5 Å². The number of carbonyl (C=O) groups excluding carboxylic acids is 1. The molecular weight excluding hydrogens is 272 g/mol. The minimum atomic E-state index is -0.276. The fraction of sp³-hybridized carbons (Fsp3) is 0.733. The normalized spacial score (nSPS) is 25.1. The molecule has 3 heterocycles. The SMILES string of the molecule is COCc1cc(C2CN(C(=O)C3CCC(C)(C)O3)C2)no1. The first-order valence-electron chi connectivity index (χ1n) is 7.39. The Labute approximate surface area is 124 Å². The number of likely N-dealkylation sites (tertiary alicyclic amines) is 1. The number of amides is 1. The lowest BCUT2D eigenvalue weighted by Crippen LogP contribution is -2.52. The number of hydrogen-bond donors (Lipinski definition) is 0. The molecule has 0 spiro atoms. The van der Waals surface area contributed by atoms with Crippen LogP contribution in [0, 0.1) is 0 Å². The molecule has 2 saturated heterocycles. The van der Waals surface area contributed by atoms with Gasteiger partial charge in [0.05, 0.1) is 11.3 Å². The number of rotatable bonds is 4. The average molecular weight is 294 g/mol. The lowest BCUT2D eigenvalue weighted by Gasteiger charge is -2.39. The maximum absolute atomic E-state index is 12.3. The highest BCUT2D eigenvalue weighted by molar-refractivity contribution is 5.82. The molecule has 2 fully saturated rings. The van der Waals surface area contributed by atoms with Gasteiger partial charge in [0.2, 0.25) is 0 Å². The first kappa shape index (κ1) is 14.5. The van der Waals surface area contributed by atoms with E-state index in [9.17, 15) is 4.79 Å². The van der Waals surface area contributed by atoms with Crippen LogP contribution in [0.4, 0.5) is 0 Å². The molecule has 1 aromatic heterocycles. The van der Waals surface area contributed by atoms with Crippen LogP contribution in [0.1, 0.15) is 44.1 Å². The van der Waals surface area contributed by atoms with Crippen molar-refractivity contribution >= 4 is 5.91 Å². The van der Waals surface area contributed by atoms with Crippen molar-refractivity contribution in [3.63, 3.8) is 0 Å². The molecule has 3 rings (SSSR count). The molecule has 0 aromatic carbocycles. The summed E-state index contributed by atoms with van der Waals surface area (Å²) in [5, 5.41) is 4.05. The summed E-state index contributed by atoms with van der Waals surface area (Å²) in [4.78, 5) is 14.2. The standard InChI is InChI=1S/C15H22N2O4/c1-15(2)5-4-13(20-15)14(18)17-7-10(8-17)12-6-11(9-19-3)21-16-12/h6,10,13H,4-5,7-9H2,1-3H3. The quantitative estimate of drug-likeness (QED) is 0.845. The van der Waals surface area contributed by atoms with Crippen LogP contribution in [0.2, 0.25) is 0 Å². The van der Waals surface area contributed by atoms with Crippen LogP contribution < -0.4 is 0 Å². The van der Waals surface area contributed by atoms with Crippen LogP contribution in [0.3, 0.4) is 0 Å². The fourth-order valence-electron chi connectivity index (χ4n) is 2.94.